The molecule has 1 unspecified atom stereocenters. The lowest BCUT2D eigenvalue weighted by molar-refractivity contribution is 0.0373. The molecule has 0 spiro atoms. The number of nitrogens with zero attached hydrogens (tertiary/aromatic N) is 2. The number of aryl methyl sites for hydroxylation is 1. The van der Waals surface area contributed by atoms with Gasteiger partial charge in [-0.25, -0.2) is 0 Å². The fourth-order valence-corrected chi connectivity index (χ4v) is 3.12. The summed E-state index contributed by atoms with van der Waals surface area (Å²) < 4.78 is 5.39. The Labute approximate surface area is 159 Å². The van der Waals surface area contributed by atoms with Crippen LogP contribution in [0.2, 0.25) is 0 Å². The number of ether oxygens (including phenoxy) is 1. The summed E-state index contributed by atoms with van der Waals surface area (Å²) >= 11 is 0. The van der Waals surface area contributed by atoms with Gasteiger partial charge in [-0.2, -0.15) is 0 Å². The molecular formula is C21H36N4O. The Morgan fingerprint density at radius 1 is 1.19 bits per heavy atom. The minimum Gasteiger partial charge on any atom is -0.379 e. The Balaban J connectivity index is 1.64. The monoisotopic (exact) mass is 360 g/mol. The average Bonchev–Trinajstić information content (AvgIpc) is 2.68. The molecule has 5 heteroatoms. The number of unbranched alkanes of at least 4 members (excludes halogenated alkanes) is 1. The van der Waals surface area contributed by atoms with E-state index in [0.717, 1.165) is 71.2 Å². The number of guanidine groups is 1. The number of nitrogens with one attached hydrogen (secondary N) is 2. The van der Waals surface area contributed by atoms with Crippen LogP contribution in [0.5, 0.6) is 0 Å². The Kier molecular flexibility index (Phi) is 10.1. The summed E-state index contributed by atoms with van der Waals surface area (Å²) in [6.45, 7) is 11.2. The number of hydrogen-bond donors (Lipinski definition) is 2. The van der Waals surface area contributed by atoms with Crippen LogP contribution in [0.4, 0.5) is 0 Å². The van der Waals surface area contributed by atoms with Gasteiger partial charge in [-0.05, 0) is 51.6 Å². The molecular weight excluding hydrogens is 324 g/mol. The van der Waals surface area contributed by atoms with Crippen molar-refractivity contribution in [1.29, 1.82) is 0 Å². The van der Waals surface area contributed by atoms with E-state index in [9.17, 15) is 0 Å². The first-order valence-corrected chi connectivity index (χ1v) is 10.2. The molecule has 26 heavy (non-hydrogen) atoms. The normalized spacial score (nSPS) is 17.1. The third-order valence-corrected chi connectivity index (χ3v) is 4.69. The van der Waals surface area contributed by atoms with E-state index in [0.29, 0.717) is 6.04 Å². The molecule has 0 aromatic heterocycles. The SMILES string of the molecule is CCNC(=NCCCCN1CCOCC1)NC(C)CCc1ccccc1. The minimum absolute atomic E-state index is 0.404. The standard InChI is InChI=1S/C21H36N4O/c1-3-22-21(23-13-7-8-14-25-15-17-26-18-16-25)24-19(2)11-12-20-9-5-4-6-10-20/h4-6,9-10,19H,3,7-8,11-18H2,1-2H3,(H2,22,23,24). The van der Waals surface area contributed by atoms with Gasteiger partial charge in [0.25, 0.3) is 0 Å². The van der Waals surface area contributed by atoms with Gasteiger partial charge in [-0.1, -0.05) is 30.3 Å². The smallest absolute Gasteiger partial charge is 0.191 e. The third-order valence-electron chi connectivity index (χ3n) is 4.69. The van der Waals surface area contributed by atoms with Gasteiger partial charge in [0.2, 0.25) is 0 Å². The number of hydrogen-bond acceptors (Lipinski definition) is 3. The topological polar surface area (TPSA) is 48.9 Å². The zero-order chi connectivity index (χ0) is 18.5. The molecule has 0 aliphatic carbocycles. The van der Waals surface area contributed by atoms with Crippen LogP contribution in [0.3, 0.4) is 0 Å². The molecule has 0 radical (unpaired) electrons. The van der Waals surface area contributed by atoms with Gasteiger partial charge in [0, 0.05) is 32.2 Å². The highest BCUT2D eigenvalue weighted by molar-refractivity contribution is 5.80. The molecule has 1 aromatic rings. The molecule has 0 saturated carbocycles. The summed E-state index contributed by atoms with van der Waals surface area (Å²) in [5.74, 6) is 0.944. The fourth-order valence-electron chi connectivity index (χ4n) is 3.12. The van der Waals surface area contributed by atoms with E-state index in [-0.39, 0.29) is 0 Å². The largest absolute Gasteiger partial charge is 0.379 e. The molecule has 1 saturated heterocycles. The summed E-state index contributed by atoms with van der Waals surface area (Å²) in [7, 11) is 0. The number of benzene rings is 1. The second-order valence-electron chi connectivity index (χ2n) is 6.99. The highest BCUT2D eigenvalue weighted by Crippen LogP contribution is 2.05. The van der Waals surface area contributed by atoms with E-state index in [1.54, 1.807) is 0 Å². The highest BCUT2D eigenvalue weighted by Gasteiger charge is 2.09. The van der Waals surface area contributed by atoms with Crippen LogP contribution >= 0.6 is 0 Å². The van der Waals surface area contributed by atoms with E-state index in [2.05, 4.69) is 59.7 Å². The first-order chi connectivity index (χ1) is 12.8. The van der Waals surface area contributed by atoms with Crippen molar-refractivity contribution >= 4 is 5.96 Å². The van der Waals surface area contributed by atoms with Gasteiger partial charge in [-0.15, -0.1) is 0 Å². The lowest BCUT2D eigenvalue weighted by Gasteiger charge is -2.26. The molecule has 2 N–H and O–H groups in total. The predicted octanol–water partition coefficient (Wildman–Crippen LogP) is 2.68. The molecule has 1 fully saturated rings. The second-order valence-corrected chi connectivity index (χ2v) is 6.99. The molecule has 146 valence electrons. The van der Waals surface area contributed by atoms with Gasteiger partial charge >= 0.3 is 0 Å². The predicted molar refractivity (Wildman–Crippen MR) is 110 cm³/mol. The zero-order valence-corrected chi connectivity index (χ0v) is 16.5. The molecule has 5 nitrogen and oxygen atoms in total. The molecule has 1 aromatic carbocycles. The molecule has 1 atom stereocenters. The van der Waals surface area contributed by atoms with E-state index in [1.165, 1.54) is 12.0 Å². The Morgan fingerprint density at radius 2 is 1.96 bits per heavy atom. The van der Waals surface area contributed by atoms with Crippen molar-refractivity contribution in [3.05, 3.63) is 35.9 Å². The van der Waals surface area contributed by atoms with Crippen molar-refractivity contribution in [2.75, 3.05) is 45.9 Å². The number of morpholine rings is 1. The van der Waals surface area contributed by atoms with Crippen LogP contribution in [0, 0.1) is 0 Å². The maximum absolute atomic E-state index is 5.39. The van der Waals surface area contributed by atoms with Gasteiger partial charge in [0.05, 0.1) is 13.2 Å². The van der Waals surface area contributed by atoms with E-state index < -0.39 is 0 Å². The maximum Gasteiger partial charge on any atom is 0.191 e. The highest BCUT2D eigenvalue weighted by atomic mass is 16.5. The van der Waals surface area contributed by atoms with Crippen LogP contribution in [0.25, 0.3) is 0 Å². The maximum atomic E-state index is 5.39. The van der Waals surface area contributed by atoms with Crippen molar-refractivity contribution in [3.8, 4) is 0 Å². The summed E-state index contributed by atoms with van der Waals surface area (Å²) in [6.07, 6.45) is 4.53. The van der Waals surface area contributed by atoms with Crippen molar-refractivity contribution in [2.45, 2.75) is 45.6 Å². The van der Waals surface area contributed by atoms with Crippen LogP contribution < -0.4 is 10.6 Å². The summed E-state index contributed by atoms with van der Waals surface area (Å²) in [6, 6.07) is 11.1. The van der Waals surface area contributed by atoms with Crippen molar-refractivity contribution in [1.82, 2.24) is 15.5 Å². The van der Waals surface area contributed by atoms with E-state index in [1.807, 2.05) is 0 Å². The molecule has 1 heterocycles. The van der Waals surface area contributed by atoms with Gasteiger partial charge in [-0.3, -0.25) is 9.89 Å². The summed E-state index contributed by atoms with van der Waals surface area (Å²) in [5, 5.41) is 6.90. The first kappa shape index (κ1) is 20.7. The lowest BCUT2D eigenvalue weighted by Crippen LogP contribution is -2.42. The number of rotatable bonds is 10. The average molecular weight is 361 g/mol. The third kappa shape index (κ3) is 8.68. The zero-order valence-electron chi connectivity index (χ0n) is 16.5. The quantitative estimate of drug-likeness (QED) is 0.383. The summed E-state index contributed by atoms with van der Waals surface area (Å²) in [5.41, 5.74) is 1.39. The summed E-state index contributed by atoms with van der Waals surface area (Å²) in [4.78, 5) is 7.23. The van der Waals surface area contributed by atoms with Crippen molar-refractivity contribution in [2.24, 2.45) is 4.99 Å². The Morgan fingerprint density at radius 3 is 2.69 bits per heavy atom. The molecule has 2 rings (SSSR count). The van der Waals surface area contributed by atoms with Gasteiger partial charge in [0.15, 0.2) is 5.96 Å². The van der Waals surface area contributed by atoms with Crippen molar-refractivity contribution < 1.29 is 4.74 Å². The van der Waals surface area contributed by atoms with Gasteiger partial charge < -0.3 is 15.4 Å². The molecule has 0 amide bonds. The molecule has 1 aliphatic heterocycles. The Hall–Kier alpha value is -1.59. The second kappa shape index (κ2) is 12.7. The van der Waals surface area contributed by atoms with Crippen LogP contribution in [-0.2, 0) is 11.2 Å². The molecule has 1 aliphatic rings. The Bertz CT molecular complexity index is 500. The lowest BCUT2D eigenvalue weighted by atomic mass is 10.1. The fraction of sp³-hybridized carbons (Fsp3) is 0.667. The van der Waals surface area contributed by atoms with E-state index in [4.69, 9.17) is 9.73 Å². The van der Waals surface area contributed by atoms with Gasteiger partial charge in [0.1, 0.15) is 0 Å². The van der Waals surface area contributed by atoms with Crippen LogP contribution in [-0.4, -0.2) is 62.8 Å². The van der Waals surface area contributed by atoms with E-state index >= 15 is 0 Å². The molecule has 0 bridgehead atoms. The minimum atomic E-state index is 0.404. The van der Waals surface area contributed by atoms with Crippen LogP contribution in [0.15, 0.2) is 35.3 Å². The van der Waals surface area contributed by atoms with Crippen LogP contribution in [0.1, 0.15) is 38.7 Å². The number of aliphatic imine (C=N–C) groups is 1. The first-order valence-electron chi connectivity index (χ1n) is 10.2. The van der Waals surface area contributed by atoms with Crippen molar-refractivity contribution in [3.63, 3.8) is 0 Å².